The van der Waals surface area contributed by atoms with E-state index < -0.39 is 17.3 Å². The number of halogens is 2. The minimum atomic E-state index is -1.17. The Labute approximate surface area is 174 Å². The molecular weight excluding hydrogens is 417 g/mol. The van der Waals surface area contributed by atoms with E-state index in [0.717, 1.165) is 17.3 Å². The molecule has 1 atom stereocenters. The predicted molar refractivity (Wildman–Crippen MR) is 111 cm³/mol. The number of aliphatic hydroxyl groups excluding tert-OH is 1. The molecule has 1 amide bonds. The summed E-state index contributed by atoms with van der Waals surface area (Å²) in [7, 11) is 0. The maximum atomic E-state index is 14.7. The first-order valence-electron chi connectivity index (χ1n) is 8.46. The molecule has 3 nitrogen and oxygen atoms in total. The van der Waals surface area contributed by atoms with Gasteiger partial charge in [-0.1, -0.05) is 53.7 Å². The third kappa shape index (κ3) is 3.32. The van der Waals surface area contributed by atoms with Crippen molar-refractivity contribution in [1.29, 1.82) is 0 Å². The highest BCUT2D eigenvalue weighted by Crippen LogP contribution is 2.44. The van der Waals surface area contributed by atoms with Gasteiger partial charge in [0.15, 0.2) is 0 Å². The molecule has 0 saturated carbocycles. The molecule has 7 heteroatoms. The first-order chi connectivity index (χ1) is 13.5. The Hall–Kier alpha value is -2.28. The van der Waals surface area contributed by atoms with Gasteiger partial charge in [0.25, 0.3) is 5.91 Å². The van der Waals surface area contributed by atoms with Gasteiger partial charge in [-0.3, -0.25) is 4.79 Å². The van der Waals surface area contributed by atoms with Crippen LogP contribution < -0.4 is 5.32 Å². The molecule has 0 saturated heterocycles. The summed E-state index contributed by atoms with van der Waals surface area (Å²) in [6.07, 6.45) is 0.0448. The number of benzene rings is 2. The average molecular weight is 432 g/mol. The Morgan fingerprint density at radius 3 is 2.57 bits per heavy atom. The third-order valence-electron chi connectivity index (χ3n) is 4.62. The SMILES string of the molecule is O=C1NC(c2ccsc2)(c2ccccc2F)CC(O)=C1Sc1ccccc1Cl. The lowest BCUT2D eigenvalue weighted by atomic mass is 9.78. The van der Waals surface area contributed by atoms with Crippen LogP contribution in [-0.4, -0.2) is 11.0 Å². The largest absolute Gasteiger partial charge is 0.511 e. The second-order valence-corrected chi connectivity index (χ2v) is 8.58. The molecule has 142 valence electrons. The Balaban J connectivity index is 1.80. The fraction of sp³-hybridized carbons (Fsp3) is 0.0952. The van der Waals surface area contributed by atoms with Gasteiger partial charge in [0, 0.05) is 16.9 Å². The minimum absolute atomic E-state index is 0.0448. The molecule has 0 radical (unpaired) electrons. The maximum Gasteiger partial charge on any atom is 0.262 e. The van der Waals surface area contributed by atoms with Gasteiger partial charge in [0.2, 0.25) is 0 Å². The molecule has 0 aliphatic carbocycles. The van der Waals surface area contributed by atoms with Crippen molar-refractivity contribution in [2.75, 3.05) is 0 Å². The molecule has 0 spiro atoms. The number of amides is 1. The second-order valence-electron chi connectivity index (χ2n) is 6.34. The molecule has 2 aromatic carbocycles. The summed E-state index contributed by atoms with van der Waals surface area (Å²) >= 11 is 8.73. The van der Waals surface area contributed by atoms with Gasteiger partial charge in [0.1, 0.15) is 22.0 Å². The van der Waals surface area contributed by atoms with Crippen molar-refractivity contribution < 1.29 is 14.3 Å². The average Bonchev–Trinajstić information content (AvgIpc) is 3.21. The summed E-state index contributed by atoms with van der Waals surface area (Å²) in [5, 5.41) is 18.0. The van der Waals surface area contributed by atoms with Crippen LogP contribution in [0.1, 0.15) is 17.5 Å². The first-order valence-corrected chi connectivity index (χ1v) is 10.6. The number of hydrogen-bond acceptors (Lipinski definition) is 4. The van der Waals surface area contributed by atoms with Crippen molar-refractivity contribution in [2.24, 2.45) is 0 Å². The number of hydrogen-bond donors (Lipinski definition) is 2. The number of carbonyl (C=O) groups is 1. The molecule has 4 rings (SSSR count). The van der Waals surface area contributed by atoms with Crippen LogP contribution in [0.15, 0.2) is 80.9 Å². The molecule has 0 fully saturated rings. The van der Waals surface area contributed by atoms with E-state index in [9.17, 15) is 14.3 Å². The first kappa shape index (κ1) is 19.1. The topological polar surface area (TPSA) is 49.3 Å². The van der Waals surface area contributed by atoms with Gasteiger partial charge in [-0.05, 0) is 40.6 Å². The zero-order chi connectivity index (χ0) is 19.7. The summed E-state index contributed by atoms with van der Waals surface area (Å²) in [5.74, 6) is -1.00. The van der Waals surface area contributed by atoms with Gasteiger partial charge in [0.05, 0.1) is 5.02 Å². The molecule has 0 bridgehead atoms. The lowest BCUT2D eigenvalue weighted by Crippen LogP contribution is -2.50. The Morgan fingerprint density at radius 1 is 1.14 bits per heavy atom. The fourth-order valence-electron chi connectivity index (χ4n) is 3.31. The number of thioether (sulfide) groups is 1. The summed E-state index contributed by atoms with van der Waals surface area (Å²) in [6.45, 7) is 0. The Morgan fingerprint density at radius 2 is 1.89 bits per heavy atom. The highest BCUT2D eigenvalue weighted by atomic mass is 35.5. The second kappa shape index (κ2) is 7.62. The molecule has 2 N–H and O–H groups in total. The Kier molecular flexibility index (Phi) is 5.19. The van der Waals surface area contributed by atoms with Gasteiger partial charge in [-0.2, -0.15) is 11.3 Å². The quantitative estimate of drug-likeness (QED) is 0.543. The van der Waals surface area contributed by atoms with Crippen molar-refractivity contribution in [3.63, 3.8) is 0 Å². The highest BCUT2D eigenvalue weighted by Gasteiger charge is 2.44. The zero-order valence-electron chi connectivity index (χ0n) is 14.5. The Bertz CT molecular complexity index is 1070. The number of aliphatic hydroxyl groups is 1. The van der Waals surface area contributed by atoms with E-state index in [0.29, 0.717) is 15.5 Å². The monoisotopic (exact) mass is 431 g/mol. The summed E-state index contributed by atoms with van der Waals surface area (Å²) in [5.41, 5.74) is -0.128. The van der Waals surface area contributed by atoms with Crippen LogP contribution in [-0.2, 0) is 10.3 Å². The highest BCUT2D eigenvalue weighted by molar-refractivity contribution is 8.04. The summed E-state index contributed by atoms with van der Waals surface area (Å²) in [6, 6.07) is 15.2. The summed E-state index contributed by atoms with van der Waals surface area (Å²) < 4.78 is 14.7. The maximum absolute atomic E-state index is 14.7. The normalized spacial score (nSPS) is 19.6. The summed E-state index contributed by atoms with van der Waals surface area (Å²) in [4.78, 5) is 13.8. The van der Waals surface area contributed by atoms with E-state index in [2.05, 4.69) is 5.32 Å². The molecule has 1 aromatic heterocycles. The van der Waals surface area contributed by atoms with Crippen LogP contribution in [0.4, 0.5) is 4.39 Å². The van der Waals surface area contributed by atoms with Gasteiger partial charge >= 0.3 is 0 Å². The lowest BCUT2D eigenvalue weighted by molar-refractivity contribution is -0.119. The molecule has 1 unspecified atom stereocenters. The number of rotatable bonds is 4. The van der Waals surface area contributed by atoms with Crippen LogP contribution in [0, 0.1) is 5.82 Å². The van der Waals surface area contributed by atoms with E-state index in [1.165, 1.54) is 17.4 Å². The predicted octanol–water partition coefficient (Wildman–Crippen LogP) is 5.87. The smallest absolute Gasteiger partial charge is 0.262 e. The molecule has 1 aliphatic rings. The van der Waals surface area contributed by atoms with Crippen molar-refractivity contribution >= 4 is 40.6 Å². The number of thiophene rings is 1. The van der Waals surface area contributed by atoms with E-state index in [1.54, 1.807) is 36.4 Å². The van der Waals surface area contributed by atoms with Crippen LogP contribution >= 0.6 is 34.7 Å². The fourth-order valence-corrected chi connectivity index (χ4v) is 5.15. The van der Waals surface area contributed by atoms with Crippen molar-refractivity contribution in [3.05, 3.63) is 98.0 Å². The number of carbonyl (C=O) groups excluding carboxylic acids is 1. The van der Waals surface area contributed by atoms with Gasteiger partial charge in [-0.15, -0.1) is 0 Å². The molecule has 1 aliphatic heterocycles. The van der Waals surface area contributed by atoms with Crippen molar-refractivity contribution in [3.8, 4) is 0 Å². The third-order valence-corrected chi connectivity index (χ3v) is 6.95. The molecular formula is C21H15ClFNO2S2. The van der Waals surface area contributed by atoms with E-state index >= 15 is 0 Å². The molecule has 28 heavy (non-hydrogen) atoms. The van der Waals surface area contributed by atoms with Crippen LogP contribution in [0.25, 0.3) is 0 Å². The molecule has 3 aromatic rings. The van der Waals surface area contributed by atoms with Gasteiger partial charge in [-0.25, -0.2) is 4.39 Å². The van der Waals surface area contributed by atoms with Crippen molar-refractivity contribution in [1.82, 2.24) is 5.32 Å². The van der Waals surface area contributed by atoms with Crippen LogP contribution in [0.5, 0.6) is 0 Å². The standard InChI is InChI=1S/C21H15ClFNO2S2/c22-15-6-2-4-8-18(15)28-19-17(25)11-21(24-20(19)26,13-9-10-27-12-13)14-5-1-3-7-16(14)23/h1-10,12,25H,11H2,(H,24,26). The van der Waals surface area contributed by atoms with E-state index in [1.807, 2.05) is 22.9 Å². The lowest BCUT2D eigenvalue weighted by Gasteiger charge is -2.38. The van der Waals surface area contributed by atoms with E-state index in [4.69, 9.17) is 11.6 Å². The van der Waals surface area contributed by atoms with Gasteiger partial charge < -0.3 is 10.4 Å². The number of nitrogens with one attached hydrogen (secondary N) is 1. The van der Waals surface area contributed by atoms with Crippen molar-refractivity contribution in [2.45, 2.75) is 16.9 Å². The minimum Gasteiger partial charge on any atom is -0.511 e. The van der Waals surface area contributed by atoms with Crippen LogP contribution in [0.3, 0.4) is 0 Å². The molecule has 2 heterocycles. The zero-order valence-corrected chi connectivity index (χ0v) is 16.9. The van der Waals surface area contributed by atoms with Crippen LogP contribution in [0.2, 0.25) is 5.02 Å². The van der Waals surface area contributed by atoms with E-state index in [-0.39, 0.29) is 17.1 Å².